The van der Waals surface area contributed by atoms with Crippen molar-refractivity contribution in [3.8, 4) is 0 Å². The van der Waals surface area contributed by atoms with Crippen LogP contribution in [0.5, 0.6) is 0 Å². The Morgan fingerprint density at radius 2 is 2.12 bits per heavy atom. The third-order valence-corrected chi connectivity index (χ3v) is 2.88. The number of halogens is 3. The average molecular weight is 264 g/mol. The van der Waals surface area contributed by atoms with E-state index in [9.17, 15) is 13.9 Å². The van der Waals surface area contributed by atoms with Gasteiger partial charge in [0.15, 0.2) is 0 Å². The van der Waals surface area contributed by atoms with Gasteiger partial charge in [0, 0.05) is 5.56 Å². The lowest BCUT2D eigenvalue weighted by atomic mass is 9.86. The molecule has 2 atom stereocenters. The van der Waals surface area contributed by atoms with Crippen LogP contribution in [0.1, 0.15) is 24.5 Å². The highest BCUT2D eigenvalue weighted by Crippen LogP contribution is 2.31. The van der Waals surface area contributed by atoms with Crippen LogP contribution in [-0.2, 0) is 5.54 Å². The second kappa shape index (κ2) is 5.29. The van der Waals surface area contributed by atoms with Crippen LogP contribution in [0.4, 0.5) is 8.78 Å². The van der Waals surface area contributed by atoms with E-state index in [2.05, 4.69) is 0 Å². The molecule has 0 saturated carbocycles. The van der Waals surface area contributed by atoms with E-state index in [1.807, 2.05) is 0 Å². The normalized spacial score (nSPS) is 16.6. The third kappa shape index (κ3) is 3.15. The van der Waals surface area contributed by atoms with Gasteiger partial charge in [0.2, 0.25) is 0 Å². The fraction of sp³-hybridized carbons (Fsp3) is 0.500. The molecule has 0 unspecified atom stereocenters. The van der Waals surface area contributed by atoms with E-state index < -0.39 is 24.1 Å². The smallest absolute Gasteiger partial charge is 0.146 e. The lowest BCUT2D eigenvalue weighted by Gasteiger charge is -2.29. The van der Waals surface area contributed by atoms with Gasteiger partial charge in [0.25, 0.3) is 0 Å². The number of aliphatic hydroxyl groups is 1. The first-order chi connectivity index (χ1) is 7.80. The molecule has 0 aliphatic rings. The molecule has 1 aromatic rings. The molecule has 5 heteroatoms. The summed E-state index contributed by atoms with van der Waals surface area (Å²) >= 11 is 5.70. The summed E-state index contributed by atoms with van der Waals surface area (Å²) in [5.74, 6) is -0.724. The highest BCUT2D eigenvalue weighted by molar-refractivity contribution is 6.30. The van der Waals surface area contributed by atoms with Crippen molar-refractivity contribution in [3.05, 3.63) is 34.1 Å². The number of hydrogen-bond donors (Lipinski definition) is 2. The molecule has 17 heavy (non-hydrogen) atoms. The Bertz CT molecular complexity index is 412. The first-order valence-electron chi connectivity index (χ1n) is 5.29. The van der Waals surface area contributed by atoms with E-state index in [1.54, 1.807) is 6.92 Å². The van der Waals surface area contributed by atoms with Crippen LogP contribution in [0.3, 0.4) is 0 Å². The van der Waals surface area contributed by atoms with E-state index >= 15 is 0 Å². The molecule has 0 saturated heterocycles. The molecule has 1 rings (SSSR count). The molecule has 0 aromatic heterocycles. The quantitative estimate of drug-likeness (QED) is 0.877. The van der Waals surface area contributed by atoms with Crippen molar-refractivity contribution in [2.75, 3.05) is 6.67 Å². The number of aryl methyl sites for hydroxylation is 1. The zero-order valence-corrected chi connectivity index (χ0v) is 10.6. The molecular formula is C12H16ClF2NO. The molecular weight excluding hydrogens is 248 g/mol. The summed E-state index contributed by atoms with van der Waals surface area (Å²) in [5.41, 5.74) is 4.98. The maximum absolute atomic E-state index is 13.9. The van der Waals surface area contributed by atoms with Gasteiger partial charge in [-0.15, -0.1) is 0 Å². The van der Waals surface area contributed by atoms with Crippen molar-refractivity contribution in [1.29, 1.82) is 0 Å². The first-order valence-corrected chi connectivity index (χ1v) is 5.67. The van der Waals surface area contributed by atoms with Crippen LogP contribution >= 0.6 is 11.6 Å². The Labute approximate surface area is 104 Å². The van der Waals surface area contributed by atoms with Gasteiger partial charge in [0.1, 0.15) is 12.5 Å². The predicted molar refractivity (Wildman–Crippen MR) is 64.3 cm³/mol. The second-order valence-corrected chi connectivity index (χ2v) is 4.86. The Morgan fingerprint density at radius 3 is 2.59 bits per heavy atom. The van der Waals surface area contributed by atoms with Gasteiger partial charge in [-0.05, 0) is 31.9 Å². The Hall–Kier alpha value is -0.710. The lowest BCUT2D eigenvalue weighted by Crippen LogP contribution is -2.42. The first kappa shape index (κ1) is 14.4. The second-order valence-electron chi connectivity index (χ2n) is 4.45. The van der Waals surface area contributed by atoms with Gasteiger partial charge < -0.3 is 10.8 Å². The molecule has 3 N–H and O–H groups in total. The fourth-order valence-electron chi connectivity index (χ4n) is 1.85. The fourth-order valence-corrected chi connectivity index (χ4v) is 2.12. The predicted octanol–water partition coefficient (Wildman–Crippen LogP) is 2.68. The molecule has 0 heterocycles. The Balaban J connectivity index is 3.28. The highest BCUT2D eigenvalue weighted by Gasteiger charge is 2.33. The maximum Gasteiger partial charge on any atom is 0.146 e. The van der Waals surface area contributed by atoms with Crippen LogP contribution in [0.2, 0.25) is 5.02 Å². The Morgan fingerprint density at radius 1 is 1.53 bits per heavy atom. The number of rotatable bonds is 4. The summed E-state index contributed by atoms with van der Waals surface area (Å²) in [6.07, 6.45) is -0.894. The number of benzene rings is 1. The molecule has 2 nitrogen and oxygen atoms in total. The number of alkyl halides is 1. The molecule has 0 amide bonds. The van der Waals surface area contributed by atoms with Gasteiger partial charge in [-0.2, -0.15) is 0 Å². The third-order valence-electron chi connectivity index (χ3n) is 2.61. The standard InChI is InChI=1S/C12H16ClF2NO/c1-7-3-9(11(15)10(13)4-7)12(16,6-14)5-8(2)17/h3-4,8,17H,5-6,16H2,1-2H3/t8-,12-/m1/s1. The molecule has 1 aromatic carbocycles. The topological polar surface area (TPSA) is 46.2 Å². The summed E-state index contributed by atoms with van der Waals surface area (Å²) in [7, 11) is 0. The van der Waals surface area contributed by atoms with Crippen LogP contribution in [-0.4, -0.2) is 17.9 Å². The average Bonchev–Trinajstić information content (AvgIpc) is 2.22. The lowest BCUT2D eigenvalue weighted by molar-refractivity contribution is 0.132. The molecule has 0 aliphatic carbocycles. The van der Waals surface area contributed by atoms with Crippen molar-refractivity contribution in [2.24, 2.45) is 5.73 Å². The van der Waals surface area contributed by atoms with Gasteiger partial charge >= 0.3 is 0 Å². The van der Waals surface area contributed by atoms with E-state index in [0.29, 0.717) is 5.56 Å². The molecule has 0 fully saturated rings. The highest BCUT2D eigenvalue weighted by atomic mass is 35.5. The summed E-state index contributed by atoms with van der Waals surface area (Å²) in [4.78, 5) is 0. The van der Waals surface area contributed by atoms with Crippen molar-refractivity contribution >= 4 is 11.6 Å². The molecule has 0 radical (unpaired) electrons. The van der Waals surface area contributed by atoms with Crippen molar-refractivity contribution < 1.29 is 13.9 Å². The van der Waals surface area contributed by atoms with Crippen molar-refractivity contribution in [1.82, 2.24) is 0 Å². The minimum Gasteiger partial charge on any atom is -0.393 e. The van der Waals surface area contributed by atoms with E-state index in [0.717, 1.165) is 0 Å². The van der Waals surface area contributed by atoms with Gasteiger partial charge in [0.05, 0.1) is 16.7 Å². The SMILES string of the molecule is Cc1cc(Cl)c(F)c([C@](N)(CF)C[C@@H](C)O)c1. The summed E-state index contributed by atoms with van der Waals surface area (Å²) in [6.45, 7) is 2.23. The van der Waals surface area contributed by atoms with E-state index in [1.165, 1.54) is 19.1 Å². The van der Waals surface area contributed by atoms with Crippen LogP contribution in [0.25, 0.3) is 0 Å². The van der Waals surface area contributed by atoms with Gasteiger partial charge in [-0.25, -0.2) is 8.78 Å². The Kier molecular flexibility index (Phi) is 4.47. The zero-order chi connectivity index (χ0) is 13.2. The summed E-state index contributed by atoms with van der Waals surface area (Å²) in [6, 6.07) is 2.91. The molecule has 96 valence electrons. The van der Waals surface area contributed by atoms with Crippen molar-refractivity contribution in [3.63, 3.8) is 0 Å². The summed E-state index contributed by atoms with van der Waals surface area (Å²) < 4.78 is 26.9. The minimum absolute atomic E-state index is 0.00546. The number of nitrogens with two attached hydrogens (primary N) is 1. The zero-order valence-electron chi connectivity index (χ0n) is 9.80. The van der Waals surface area contributed by atoms with Crippen molar-refractivity contribution in [2.45, 2.75) is 31.9 Å². The van der Waals surface area contributed by atoms with Crippen LogP contribution < -0.4 is 5.73 Å². The van der Waals surface area contributed by atoms with Gasteiger partial charge in [-0.3, -0.25) is 0 Å². The van der Waals surface area contributed by atoms with E-state index in [4.69, 9.17) is 17.3 Å². The maximum atomic E-state index is 13.9. The van der Waals surface area contributed by atoms with Crippen LogP contribution in [0, 0.1) is 12.7 Å². The molecule has 0 bridgehead atoms. The van der Waals surface area contributed by atoms with Gasteiger partial charge in [-0.1, -0.05) is 17.7 Å². The largest absolute Gasteiger partial charge is 0.393 e. The number of aliphatic hydroxyl groups excluding tert-OH is 1. The minimum atomic E-state index is -1.55. The van der Waals surface area contributed by atoms with Crippen LogP contribution in [0.15, 0.2) is 12.1 Å². The molecule has 0 aliphatic heterocycles. The molecule has 0 spiro atoms. The monoisotopic (exact) mass is 263 g/mol. The summed E-state index contributed by atoms with van der Waals surface area (Å²) in [5, 5.41) is 9.22. The number of hydrogen-bond acceptors (Lipinski definition) is 2. The van der Waals surface area contributed by atoms with E-state index in [-0.39, 0.29) is 17.0 Å².